The third-order valence-electron chi connectivity index (χ3n) is 18.9. The molecule has 8 aromatic rings. The summed E-state index contributed by atoms with van der Waals surface area (Å²) >= 11 is 0. The van der Waals surface area contributed by atoms with Gasteiger partial charge in [0, 0.05) is 57.5 Å². The minimum Gasteiger partial charge on any atom is -0.497 e. The lowest BCUT2D eigenvalue weighted by atomic mass is 9.78. The van der Waals surface area contributed by atoms with E-state index in [2.05, 4.69) is 303 Å². The van der Waals surface area contributed by atoms with Crippen molar-refractivity contribution in [2.24, 2.45) is 0 Å². The van der Waals surface area contributed by atoms with E-state index in [-0.39, 0.29) is 43.3 Å². The normalized spacial score (nSPS) is 13.5. The van der Waals surface area contributed by atoms with E-state index in [0.717, 1.165) is 112 Å². The highest BCUT2D eigenvalue weighted by Crippen LogP contribution is 2.46. The Hall–Kier alpha value is -7.74. The molecule has 0 unspecified atom stereocenters. The molecule has 0 amide bonds. The van der Waals surface area contributed by atoms with Crippen molar-refractivity contribution in [2.75, 3.05) is 14.2 Å². The second-order valence-corrected chi connectivity index (χ2v) is 34.8. The molecule has 5 heterocycles. The molecule has 0 spiro atoms. The molecular weight excluding hydrogens is 1130 g/mol. The fourth-order valence-corrected chi connectivity index (χ4v) is 12.6. The maximum Gasteiger partial charge on any atom is 0.123 e. The molecule has 3 N–H and O–H groups in total. The van der Waals surface area contributed by atoms with Crippen LogP contribution in [0.15, 0.2) is 109 Å². The standard InChI is InChI=1S/C86H107N5O2/c1-79(2,3)57-35-51(36-58(45-57)80(4,5)6)74-66-28-29-67(88-66)75(52-37-59(81(7,8)9)46-60(38-52)82(10,11)12)69-32-33-71(90-69)77(54-41-63(85(19,20)21)48-64(42-54)86(22,23)24)78-56(50-87-49-55-43-65(92-25)27-34-73(55)93-26)44-72(91-78)76(70-31-30-68(74)89-70)53-39-61(83(13,14)15)47-62(40-53)84(16,17)18/h27-48,87-88,91H,49-50H2,1-26H3. The highest BCUT2D eigenvalue weighted by Gasteiger charge is 2.30. The van der Waals surface area contributed by atoms with Crippen molar-refractivity contribution in [3.05, 3.63) is 188 Å². The van der Waals surface area contributed by atoms with Gasteiger partial charge in [-0.3, -0.25) is 0 Å². The number of rotatable bonds is 10. The molecule has 0 radical (unpaired) electrons. The molecule has 93 heavy (non-hydrogen) atoms. The molecule has 2 aliphatic rings. The highest BCUT2D eigenvalue weighted by molar-refractivity contribution is 6.01. The summed E-state index contributed by atoms with van der Waals surface area (Å²) in [6, 6.07) is 42.0. The first-order valence-corrected chi connectivity index (χ1v) is 33.8. The molecule has 10 rings (SSSR count). The Morgan fingerprint density at radius 3 is 0.925 bits per heavy atom. The van der Waals surface area contributed by atoms with Gasteiger partial charge in [0.2, 0.25) is 0 Å². The first-order chi connectivity index (χ1) is 43.0. The van der Waals surface area contributed by atoms with Gasteiger partial charge in [-0.05, 0) is 176 Å². The number of nitrogens with one attached hydrogen (secondary N) is 3. The van der Waals surface area contributed by atoms with E-state index in [9.17, 15) is 0 Å². The van der Waals surface area contributed by atoms with Crippen molar-refractivity contribution < 1.29 is 9.47 Å². The molecular formula is C86H107N5O2. The molecule has 0 atom stereocenters. The van der Waals surface area contributed by atoms with E-state index in [1.54, 1.807) is 14.2 Å². The van der Waals surface area contributed by atoms with E-state index in [1.807, 2.05) is 12.1 Å². The number of fused-ring (bicyclic) bond motifs is 8. The molecule has 3 aromatic heterocycles. The predicted molar refractivity (Wildman–Crippen MR) is 400 cm³/mol. The van der Waals surface area contributed by atoms with Crippen molar-refractivity contribution in [3.8, 4) is 56.0 Å². The number of ether oxygens (including phenoxy) is 2. The van der Waals surface area contributed by atoms with Crippen LogP contribution >= 0.6 is 0 Å². The van der Waals surface area contributed by atoms with Crippen molar-refractivity contribution in [1.29, 1.82) is 0 Å². The Morgan fingerprint density at radius 1 is 0.312 bits per heavy atom. The van der Waals surface area contributed by atoms with Crippen LogP contribution in [0.1, 0.15) is 245 Å². The Morgan fingerprint density at radius 2 is 0.613 bits per heavy atom. The number of methoxy groups -OCH3 is 2. The summed E-state index contributed by atoms with van der Waals surface area (Å²) in [6.07, 6.45) is 9.06. The fourth-order valence-electron chi connectivity index (χ4n) is 12.6. The van der Waals surface area contributed by atoms with Gasteiger partial charge in [-0.2, -0.15) is 0 Å². The van der Waals surface area contributed by atoms with Crippen molar-refractivity contribution in [1.82, 2.24) is 25.3 Å². The number of aromatic nitrogens is 4. The second-order valence-electron chi connectivity index (χ2n) is 34.8. The third-order valence-corrected chi connectivity index (χ3v) is 18.9. The van der Waals surface area contributed by atoms with Crippen molar-refractivity contribution in [3.63, 3.8) is 0 Å². The summed E-state index contributed by atoms with van der Waals surface area (Å²) in [5.41, 5.74) is 27.0. The number of hydrogen-bond acceptors (Lipinski definition) is 5. The molecule has 7 heteroatoms. The van der Waals surface area contributed by atoms with Gasteiger partial charge in [0.25, 0.3) is 0 Å². The average molecular weight is 1240 g/mol. The monoisotopic (exact) mass is 1240 g/mol. The van der Waals surface area contributed by atoms with E-state index in [4.69, 9.17) is 19.4 Å². The fraction of sp³-hybridized carbons (Fsp3) is 0.419. The zero-order valence-corrected chi connectivity index (χ0v) is 61.3. The van der Waals surface area contributed by atoms with Crippen LogP contribution in [0.25, 0.3) is 90.9 Å². The first kappa shape index (κ1) is 68.1. The molecule has 0 saturated carbocycles. The third kappa shape index (κ3) is 14.5. The molecule has 7 nitrogen and oxygen atoms in total. The Bertz CT molecular complexity index is 4310. The van der Waals surface area contributed by atoms with Crippen LogP contribution in [0.3, 0.4) is 0 Å². The van der Waals surface area contributed by atoms with Crippen LogP contribution in [-0.4, -0.2) is 34.2 Å². The Labute approximate surface area is 558 Å². The number of aromatic amines is 2. The molecule has 0 aliphatic carbocycles. The lowest BCUT2D eigenvalue weighted by Gasteiger charge is -2.26. The number of benzene rings is 5. The molecule has 8 bridgehead atoms. The minimum absolute atomic E-state index is 0.134. The summed E-state index contributed by atoms with van der Waals surface area (Å²) in [5, 5.41) is 3.94. The van der Waals surface area contributed by atoms with Gasteiger partial charge < -0.3 is 24.8 Å². The maximum atomic E-state index is 6.03. The summed E-state index contributed by atoms with van der Waals surface area (Å²) < 4.78 is 11.8. The SMILES string of the molecule is COc1ccc(OC)c(CNCc2cc3[nH]c2c(-c2cc(C(C)(C)C)cc(C(C)(C)C)c2)c2nc(c(-c4cc(C(C)(C)C)cc(C(C)(C)C)c4)c4ccc([nH]4)c(-c4cc(C(C)(C)C)cc(C(C)(C)C)c4)c4nc(c3-c3cc(C(C)(C)C)cc(C(C)(C)C)c3)C=C4)C=C2)c1. The lowest BCUT2D eigenvalue weighted by Crippen LogP contribution is -2.16. The van der Waals surface area contributed by atoms with Gasteiger partial charge in [-0.1, -0.05) is 239 Å². The highest BCUT2D eigenvalue weighted by atomic mass is 16.5. The van der Waals surface area contributed by atoms with Crippen LogP contribution in [0.2, 0.25) is 0 Å². The van der Waals surface area contributed by atoms with E-state index in [1.165, 1.54) is 44.5 Å². The van der Waals surface area contributed by atoms with Crippen LogP contribution in [0.4, 0.5) is 0 Å². The summed E-state index contributed by atoms with van der Waals surface area (Å²) in [4.78, 5) is 20.5. The van der Waals surface area contributed by atoms with E-state index in [0.29, 0.717) is 13.1 Å². The molecule has 2 aliphatic heterocycles. The van der Waals surface area contributed by atoms with Crippen LogP contribution < -0.4 is 14.8 Å². The first-order valence-electron chi connectivity index (χ1n) is 33.8. The number of nitrogens with zero attached hydrogens (tertiary/aromatic N) is 2. The summed E-state index contributed by atoms with van der Waals surface area (Å²) in [7, 11) is 3.45. The van der Waals surface area contributed by atoms with E-state index >= 15 is 0 Å². The molecule has 5 aromatic carbocycles. The second kappa shape index (κ2) is 24.2. The van der Waals surface area contributed by atoms with Crippen LogP contribution in [0.5, 0.6) is 11.5 Å². The quantitative estimate of drug-likeness (QED) is 0.127. The van der Waals surface area contributed by atoms with Gasteiger partial charge in [-0.25, -0.2) is 9.97 Å². The van der Waals surface area contributed by atoms with Crippen LogP contribution in [-0.2, 0) is 56.4 Å². The van der Waals surface area contributed by atoms with Gasteiger partial charge in [-0.15, -0.1) is 0 Å². The van der Waals surface area contributed by atoms with Crippen LogP contribution in [0, 0.1) is 0 Å². The van der Waals surface area contributed by atoms with Crippen molar-refractivity contribution >= 4 is 46.4 Å². The average Bonchev–Trinajstić information content (AvgIpc) is 1.65. The van der Waals surface area contributed by atoms with Gasteiger partial charge >= 0.3 is 0 Å². The Kier molecular flexibility index (Phi) is 17.8. The molecule has 488 valence electrons. The van der Waals surface area contributed by atoms with Gasteiger partial charge in [0.15, 0.2) is 0 Å². The molecule has 0 fully saturated rings. The van der Waals surface area contributed by atoms with Crippen molar-refractivity contribution in [2.45, 2.75) is 223 Å². The molecule has 0 saturated heterocycles. The summed E-state index contributed by atoms with van der Waals surface area (Å²) in [5.74, 6) is 1.58. The lowest BCUT2D eigenvalue weighted by molar-refractivity contribution is 0.397. The smallest absolute Gasteiger partial charge is 0.123 e. The predicted octanol–water partition coefficient (Wildman–Crippen LogP) is 23.0. The number of hydrogen-bond donors (Lipinski definition) is 3. The van der Waals surface area contributed by atoms with Gasteiger partial charge in [0.05, 0.1) is 42.5 Å². The zero-order valence-electron chi connectivity index (χ0n) is 61.3. The zero-order chi connectivity index (χ0) is 68.1. The topological polar surface area (TPSA) is 87.9 Å². The number of H-pyrrole nitrogens is 2. The summed E-state index contributed by atoms with van der Waals surface area (Å²) in [6.45, 7) is 56.8. The largest absolute Gasteiger partial charge is 0.497 e. The maximum absolute atomic E-state index is 6.03. The van der Waals surface area contributed by atoms with E-state index < -0.39 is 0 Å². The van der Waals surface area contributed by atoms with Gasteiger partial charge in [0.1, 0.15) is 11.5 Å². The minimum atomic E-state index is -0.168. The Balaban J connectivity index is 1.49.